The number of aryl methyl sites for hydroxylation is 1. The van der Waals surface area contributed by atoms with E-state index in [2.05, 4.69) is 6.92 Å². The van der Waals surface area contributed by atoms with Crippen LogP contribution >= 0.6 is 0 Å². The van der Waals surface area contributed by atoms with Gasteiger partial charge in [-0.15, -0.1) is 0 Å². The van der Waals surface area contributed by atoms with Gasteiger partial charge >= 0.3 is 23.9 Å². The van der Waals surface area contributed by atoms with Crippen molar-refractivity contribution in [3.05, 3.63) is 41.0 Å². The van der Waals surface area contributed by atoms with Crippen LogP contribution < -0.4 is 0 Å². The fourth-order valence-electron chi connectivity index (χ4n) is 4.83. The Balaban J connectivity index is 2.29. The van der Waals surface area contributed by atoms with Crippen LogP contribution in [0.3, 0.4) is 0 Å². The second kappa shape index (κ2) is 11.6. The van der Waals surface area contributed by atoms with Crippen molar-refractivity contribution >= 4 is 29.5 Å². The first-order chi connectivity index (χ1) is 15.6. The zero-order chi connectivity index (χ0) is 24.7. The lowest BCUT2D eigenvalue weighted by Crippen LogP contribution is -2.34. The standard InChI is InChI=1S/C25H32O8/c1-3-4-7-15-8-5-10-17-19(12-14(2)21(15)17)22(25(32)33)18(24(30)31)11-6-9-16(23(28)29)13-20(26)27/h5,8,10,12,16,18-19,22H,3-4,6-7,9,11,13H2,1-2H3,(H,26,27)(H,28,29)(H,30,31)(H,32,33). The van der Waals surface area contributed by atoms with Crippen LogP contribution in [-0.2, 0) is 25.6 Å². The lowest BCUT2D eigenvalue weighted by atomic mass is 9.76. The number of benzene rings is 1. The van der Waals surface area contributed by atoms with E-state index in [0.717, 1.165) is 41.5 Å². The third-order valence-corrected chi connectivity index (χ3v) is 6.43. The molecule has 8 nitrogen and oxygen atoms in total. The van der Waals surface area contributed by atoms with Gasteiger partial charge in [-0.3, -0.25) is 19.2 Å². The first-order valence-electron chi connectivity index (χ1n) is 11.3. The zero-order valence-electron chi connectivity index (χ0n) is 19.0. The van der Waals surface area contributed by atoms with Crippen LogP contribution in [0.2, 0.25) is 0 Å². The van der Waals surface area contributed by atoms with Crippen molar-refractivity contribution < 1.29 is 39.6 Å². The number of carbonyl (C=O) groups is 4. The molecule has 1 aromatic rings. The Kier molecular flexibility index (Phi) is 9.20. The molecule has 1 aromatic carbocycles. The second-order valence-electron chi connectivity index (χ2n) is 8.73. The van der Waals surface area contributed by atoms with Crippen LogP contribution in [0.15, 0.2) is 24.3 Å². The molecule has 0 spiro atoms. The summed E-state index contributed by atoms with van der Waals surface area (Å²) in [6, 6.07) is 5.75. The summed E-state index contributed by atoms with van der Waals surface area (Å²) < 4.78 is 0. The molecule has 0 amide bonds. The summed E-state index contributed by atoms with van der Waals surface area (Å²) in [6.45, 7) is 4.00. The Labute approximate surface area is 192 Å². The molecule has 1 aliphatic carbocycles. The average molecular weight is 461 g/mol. The maximum absolute atomic E-state index is 12.3. The maximum Gasteiger partial charge on any atom is 0.308 e. The quantitative estimate of drug-likeness (QED) is 0.321. The number of hydrogen-bond acceptors (Lipinski definition) is 4. The molecule has 180 valence electrons. The number of aliphatic carboxylic acids is 4. The highest BCUT2D eigenvalue weighted by molar-refractivity contribution is 5.84. The molecule has 8 heteroatoms. The Hall–Kier alpha value is -3.16. The maximum atomic E-state index is 12.3. The second-order valence-corrected chi connectivity index (χ2v) is 8.73. The van der Waals surface area contributed by atoms with E-state index in [-0.39, 0.29) is 19.3 Å². The molecule has 0 saturated carbocycles. The average Bonchev–Trinajstić information content (AvgIpc) is 3.06. The minimum Gasteiger partial charge on any atom is -0.481 e. The Morgan fingerprint density at radius 2 is 1.64 bits per heavy atom. The van der Waals surface area contributed by atoms with E-state index < -0.39 is 54.0 Å². The lowest BCUT2D eigenvalue weighted by Gasteiger charge is -2.26. The summed E-state index contributed by atoms with van der Waals surface area (Å²) in [4.78, 5) is 46.6. The van der Waals surface area contributed by atoms with E-state index in [1.54, 1.807) is 0 Å². The molecule has 4 N–H and O–H groups in total. The van der Waals surface area contributed by atoms with E-state index in [1.807, 2.05) is 31.2 Å². The van der Waals surface area contributed by atoms with Crippen molar-refractivity contribution in [1.29, 1.82) is 0 Å². The first kappa shape index (κ1) is 26.1. The smallest absolute Gasteiger partial charge is 0.308 e. The summed E-state index contributed by atoms with van der Waals surface area (Å²) in [7, 11) is 0. The van der Waals surface area contributed by atoms with Gasteiger partial charge in [0.1, 0.15) is 0 Å². The van der Waals surface area contributed by atoms with Crippen molar-refractivity contribution in [3.8, 4) is 0 Å². The first-order valence-corrected chi connectivity index (χ1v) is 11.3. The highest BCUT2D eigenvalue weighted by atomic mass is 16.4. The number of carboxylic acid groups (broad SMARTS) is 4. The Morgan fingerprint density at radius 1 is 0.939 bits per heavy atom. The number of allylic oxidation sites excluding steroid dienone is 2. The van der Waals surface area contributed by atoms with Crippen molar-refractivity contribution in [3.63, 3.8) is 0 Å². The SMILES string of the molecule is CCCCc1cccc2c1C(C)=CC2C(C(=O)O)C(CCCC(CC(=O)O)C(=O)O)C(=O)O. The predicted molar refractivity (Wildman–Crippen MR) is 121 cm³/mol. The van der Waals surface area contributed by atoms with Crippen molar-refractivity contribution in [2.75, 3.05) is 0 Å². The summed E-state index contributed by atoms with van der Waals surface area (Å²) in [6.07, 6.45) is 4.16. The van der Waals surface area contributed by atoms with E-state index in [4.69, 9.17) is 5.11 Å². The number of fused-ring (bicyclic) bond motifs is 1. The monoisotopic (exact) mass is 460 g/mol. The van der Waals surface area contributed by atoms with Crippen LogP contribution in [-0.4, -0.2) is 44.3 Å². The molecule has 0 bridgehead atoms. The minimum atomic E-state index is -1.26. The molecule has 33 heavy (non-hydrogen) atoms. The van der Waals surface area contributed by atoms with Gasteiger partial charge in [0.2, 0.25) is 0 Å². The fourth-order valence-corrected chi connectivity index (χ4v) is 4.83. The van der Waals surface area contributed by atoms with Gasteiger partial charge in [0, 0.05) is 5.92 Å². The minimum absolute atomic E-state index is 0.0327. The van der Waals surface area contributed by atoms with Gasteiger partial charge in [-0.05, 0) is 54.9 Å². The molecule has 2 rings (SSSR count). The number of hydrogen-bond donors (Lipinski definition) is 4. The molecule has 0 saturated heterocycles. The van der Waals surface area contributed by atoms with Gasteiger partial charge in [-0.25, -0.2) is 0 Å². The van der Waals surface area contributed by atoms with Gasteiger partial charge in [0.05, 0.1) is 24.2 Å². The Bertz CT molecular complexity index is 932. The molecule has 0 heterocycles. The molecular weight excluding hydrogens is 428 g/mol. The number of rotatable bonds is 14. The number of carboxylic acids is 4. The summed E-state index contributed by atoms with van der Waals surface area (Å²) in [5, 5.41) is 38.0. The van der Waals surface area contributed by atoms with E-state index in [9.17, 15) is 34.5 Å². The molecule has 4 unspecified atom stereocenters. The van der Waals surface area contributed by atoms with Crippen LogP contribution in [0.25, 0.3) is 5.57 Å². The van der Waals surface area contributed by atoms with Crippen molar-refractivity contribution in [1.82, 2.24) is 0 Å². The topological polar surface area (TPSA) is 149 Å². The third-order valence-electron chi connectivity index (χ3n) is 6.43. The molecule has 0 aromatic heterocycles. The summed E-state index contributed by atoms with van der Waals surface area (Å²) in [5.41, 5.74) is 3.87. The van der Waals surface area contributed by atoms with Crippen molar-refractivity contribution in [2.24, 2.45) is 17.8 Å². The largest absolute Gasteiger partial charge is 0.481 e. The van der Waals surface area contributed by atoms with E-state index in [1.165, 1.54) is 0 Å². The highest BCUT2D eigenvalue weighted by Crippen LogP contribution is 2.45. The third kappa shape index (κ3) is 6.43. The van der Waals surface area contributed by atoms with Gasteiger partial charge in [-0.1, -0.05) is 44.0 Å². The molecule has 1 aliphatic rings. The lowest BCUT2D eigenvalue weighted by molar-refractivity contribution is -0.154. The van der Waals surface area contributed by atoms with Gasteiger partial charge in [0.15, 0.2) is 0 Å². The summed E-state index contributed by atoms with van der Waals surface area (Å²) in [5.74, 6) is -9.18. The van der Waals surface area contributed by atoms with E-state index >= 15 is 0 Å². The van der Waals surface area contributed by atoms with Crippen molar-refractivity contribution in [2.45, 2.75) is 64.7 Å². The fraction of sp³-hybridized carbons (Fsp3) is 0.520. The molecule has 4 atom stereocenters. The van der Waals surface area contributed by atoms with Crippen LogP contribution in [0.5, 0.6) is 0 Å². The normalized spacial score (nSPS) is 17.5. The Morgan fingerprint density at radius 3 is 2.18 bits per heavy atom. The number of unbranched alkanes of at least 4 members (excludes halogenated alkanes) is 1. The molecule has 0 fully saturated rings. The van der Waals surface area contributed by atoms with Crippen LogP contribution in [0, 0.1) is 17.8 Å². The predicted octanol–water partition coefficient (Wildman–Crippen LogP) is 4.28. The van der Waals surface area contributed by atoms with Crippen LogP contribution in [0.1, 0.15) is 75.0 Å². The summed E-state index contributed by atoms with van der Waals surface area (Å²) >= 11 is 0. The van der Waals surface area contributed by atoms with E-state index in [0.29, 0.717) is 0 Å². The van der Waals surface area contributed by atoms with Gasteiger partial charge < -0.3 is 20.4 Å². The van der Waals surface area contributed by atoms with Gasteiger partial charge in [-0.2, -0.15) is 0 Å². The van der Waals surface area contributed by atoms with Gasteiger partial charge in [0.25, 0.3) is 0 Å². The molecular formula is C25H32O8. The van der Waals surface area contributed by atoms with Crippen LogP contribution in [0.4, 0.5) is 0 Å². The molecule has 0 radical (unpaired) electrons. The highest BCUT2D eigenvalue weighted by Gasteiger charge is 2.42. The zero-order valence-corrected chi connectivity index (χ0v) is 19.0. The molecule has 0 aliphatic heterocycles.